The molecule has 1 N–H and O–H groups in total. The molecule has 1 aliphatic carbocycles. The number of phenolic OH excluding ortho intramolecular Hbond substituents is 1. The molecule has 2 amide bonds. The minimum Gasteiger partial charge on any atom is -0.508 e. The first kappa shape index (κ1) is 17.4. The maximum Gasteiger partial charge on any atom is 0.228 e. The highest BCUT2D eigenvalue weighted by Crippen LogP contribution is 2.57. The molecule has 4 rings (SSSR count). The molecule has 2 heterocycles. The summed E-state index contributed by atoms with van der Waals surface area (Å²) in [6.45, 7) is 7.99. The second kappa shape index (κ2) is 5.48. The number of benzene rings is 1. The molecule has 2 bridgehead atoms. The van der Waals surface area contributed by atoms with Gasteiger partial charge in [0.2, 0.25) is 11.8 Å². The Morgan fingerprint density at radius 3 is 2.62 bits per heavy atom. The van der Waals surface area contributed by atoms with Crippen LogP contribution >= 0.6 is 0 Å². The molecule has 5 nitrogen and oxygen atoms in total. The Labute approximate surface area is 155 Å². The lowest BCUT2D eigenvalue weighted by Gasteiger charge is -2.61. The molecule has 26 heavy (non-hydrogen) atoms. The summed E-state index contributed by atoms with van der Waals surface area (Å²) in [5.74, 6) is 0.246. The average Bonchev–Trinajstić information content (AvgIpc) is 2.90. The van der Waals surface area contributed by atoms with Gasteiger partial charge in [-0.1, -0.05) is 32.9 Å². The van der Waals surface area contributed by atoms with Gasteiger partial charge in [-0.25, -0.2) is 0 Å². The molecule has 5 heteroatoms. The maximum absolute atomic E-state index is 13.3. The Morgan fingerprint density at radius 1 is 1.23 bits per heavy atom. The van der Waals surface area contributed by atoms with Crippen LogP contribution in [0.15, 0.2) is 18.2 Å². The van der Waals surface area contributed by atoms with Gasteiger partial charge in [-0.2, -0.15) is 0 Å². The standard InChI is InChI=1S/C21H28N2O3/c1-20(2)17-11-14-15(6-5-7-16(14)24)21(20,3)8-9-23(17)19(26)13-10-18(25)22(4)12-13/h5-7,13,17,24H,8-12H2,1-4H3/t13?,17-,21-/m0/s1. The minimum absolute atomic E-state index is 0.0376. The molecule has 0 aromatic heterocycles. The Morgan fingerprint density at radius 2 is 1.96 bits per heavy atom. The van der Waals surface area contributed by atoms with Gasteiger partial charge in [-0.3, -0.25) is 9.59 Å². The predicted molar refractivity (Wildman–Crippen MR) is 98.8 cm³/mol. The number of carbonyl (C=O) groups excluding carboxylic acids is 2. The van der Waals surface area contributed by atoms with E-state index in [0.717, 1.165) is 12.0 Å². The lowest BCUT2D eigenvalue weighted by atomic mass is 9.51. The zero-order valence-electron chi connectivity index (χ0n) is 16.1. The van der Waals surface area contributed by atoms with E-state index in [-0.39, 0.29) is 34.6 Å². The average molecular weight is 356 g/mol. The smallest absolute Gasteiger partial charge is 0.228 e. The van der Waals surface area contributed by atoms with Crippen molar-refractivity contribution in [3.05, 3.63) is 29.3 Å². The third-order valence-corrected chi connectivity index (χ3v) is 7.60. The second-order valence-electron chi connectivity index (χ2n) is 9.03. The third kappa shape index (κ3) is 2.15. The Bertz CT molecular complexity index is 787. The molecule has 0 spiro atoms. The van der Waals surface area contributed by atoms with Gasteiger partial charge < -0.3 is 14.9 Å². The molecule has 2 saturated heterocycles. The summed E-state index contributed by atoms with van der Waals surface area (Å²) in [6.07, 6.45) is 1.86. The molecular formula is C21H28N2O3. The molecule has 2 aliphatic heterocycles. The van der Waals surface area contributed by atoms with Crippen LogP contribution in [0.2, 0.25) is 0 Å². The van der Waals surface area contributed by atoms with Crippen molar-refractivity contribution in [2.75, 3.05) is 20.1 Å². The molecule has 1 aromatic carbocycles. The van der Waals surface area contributed by atoms with Gasteiger partial charge in [0, 0.05) is 38.0 Å². The van der Waals surface area contributed by atoms with Gasteiger partial charge in [0.1, 0.15) is 5.75 Å². The normalized spacial score (nSPS) is 32.5. The van der Waals surface area contributed by atoms with E-state index in [1.54, 1.807) is 18.0 Å². The summed E-state index contributed by atoms with van der Waals surface area (Å²) in [6, 6.07) is 5.84. The highest BCUT2D eigenvalue weighted by atomic mass is 16.3. The number of phenols is 1. The van der Waals surface area contributed by atoms with Crippen LogP contribution < -0.4 is 0 Å². The number of likely N-dealkylation sites (tertiary alicyclic amines) is 2. The minimum atomic E-state index is -0.238. The van der Waals surface area contributed by atoms with Crippen molar-refractivity contribution in [1.29, 1.82) is 0 Å². The molecule has 1 aromatic rings. The van der Waals surface area contributed by atoms with Gasteiger partial charge in [0.25, 0.3) is 0 Å². The van der Waals surface area contributed by atoms with Crippen molar-refractivity contribution in [3.8, 4) is 5.75 Å². The largest absolute Gasteiger partial charge is 0.508 e. The van der Waals surface area contributed by atoms with Crippen LogP contribution in [0.3, 0.4) is 0 Å². The first-order valence-electron chi connectivity index (χ1n) is 9.52. The molecule has 140 valence electrons. The number of nitrogens with zero attached hydrogens (tertiary/aromatic N) is 2. The number of piperidine rings is 1. The molecule has 0 radical (unpaired) electrons. The molecule has 0 saturated carbocycles. The zero-order chi connectivity index (χ0) is 18.9. The zero-order valence-corrected chi connectivity index (χ0v) is 16.1. The first-order valence-corrected chi connectivity index (χ1v) is 9.52. The second-order valence-corrected chi connectivity index (χ2v) is 9.03. The van der Waals surface area contributed by atoms with Gasteiger partial charge in [0.15, 0.2) is 0 Å². The number of hydrogen-bond donors (Lipinski definition) is 1. The number of hydrogen-bond acceptors (Lipinski definition) is 3. The van der Waals surface area contributed by atoms with E-state index in [9.17, 15) is 14.7 Å². The van der Waals surface area contributed by atoms with Crippen LogP contribution in [-0.4, -0.2) is 52.9 Å². The van der Waals surface area contributed by atoms with E-state index in [4.69, 9.17) is 0 Å². The van der Waals surface area contributed by atoms with Gasteiger partial charge >= 0.3 is 0 Å². The van der Waals surface area contributed by atoms with Crippen molar-refractivity contribution < 1.29 is 14.7 Å². The number of amides is 2. The van der Waals surface area contributed by atoms with Gasteiger partial charge in [-0.15, -0.1) is 0 Å². The van der Waals surface area contributed by atoms with E-state index in [1.165, 1.54) is 5.56 Å². The molecule has 3 atom stereocenters. The fourth-order valence-electron chi connectivity index (χ4n) is 5.45. The van der Waals surface area contributed by atoms with Crippen LogP contribution in [0.4, 0.5) is 0 Å². The van der Waals surface area contributed by atoms with Crippen molar-refractivity contribution in [1.82, 2.24) is 9.80 Å². The van der Waals surface area contributed by atoms with Crippen molar-refractivity contribution in [2.24, 2.45) is 11.3 Å². The van der Waals surface area contributed by atoms with E-state index < -0.39 is 0 Å². The lowest BCUT2D eigenvalue weighted by molar-refractivity contribution is -0.148. The summed E-state index contributed by atoms with van der Waals surface area (Å²) >= 11 is 0. The SMILES string of the molecule is CN1CC(C(=O)N2CC[C@@]3(C)c4cccc(O)c4C[C@H]2C3(C)C)CC1=O. The lowest BCUT2D eigenvalue weighted by Crippen LogP contribution is -2.65. The Kier molecular flexibility index (Phi) is 3.66. The van der Waals surface area contributed by atoms with Gasteiger partial charge in [-0.05, 0) is 35.4 Å². The van der Waals surface area contributed by atoms with E-state index in [2.05, 4.69) is 26.8 Å². The Hall–Kier alpha value is -2.04. The molecular weight excluding hydrogens is 328 g/mol. The van der Waals surface area contributed by atoms with Gasteiger partial charge in [0.05, 0.1) is 5.92 Å². The fourth-order valence-corrected chi connectivity index (χ4v) is 5.45. The van der Waals surface area contributed by atoms with E-state index in [0.29, 0.717) is 31.7 Å². The van der Waals surface area contributed by atoms with Crippen LogP contribution in [-0.2, 0) is 21.4 Å². The highest BCUT2D eigenvalue weighted by Gasteiger charge is 2.57. The summed E-state index contributed by atoms with van der Waals surface area (Å²) < 4.78 is 0. The molecule has 1 unspecified atom stereocenters. The van der Waals surface area contributed by atoms with E-state index >= 15 is 0 Å². The topological polar surface area (TPSA) is 60.9 Å². The Balaban J connectivity index is 1.72. The quantitative estimate of drug-likeness (QED) is 0.840. The summed E-state index contributed by atoms with van der Waals surface area (Å²) in [5.41, 5.74) is 2.03. The van der Waals surface area contributed by atoms with Crippen LogP contribution in [0.5, 0.6) is 5.75 Å². The summed E-state index contributed by atoms with van der Waals surface area (Å²) in [4.78, 5) is 28.8. The van der Waals surface area contributed by atoms with Crippen molar-refractivity contribution in [3.63, 3.8) is 0 Å². The monoisotopic (exact) mass is 356 g/mol. The maximum atomic E-state index is 13.3. The fraction of sp³-hybridized carbons (Fsp3) is 0.619. The highest BCUT2D eigenvalue weighted by molar-refractivity contribution is 5.89. The summed E-state index contributed by atoms with van der Waals surface area (Å²) in [5, 5.41) is 10.4. The third-order valence-electron chi connectivity index (χ3n) is 7.60. The number of carbonyl (C=O) groups is 2. The number of aromatic hydroxyl groups is 1. The summed E-state index contributed by atoms with van der Waals surface area (Å²) in [7, 11) is 1.77. The number of fused-ring (bicyclic) bond motifs is 4. The first-order chi connectivity index (χ1) is 12.2. The van der Waals surface area contributed by atoms with Crippen LogP contribution in [0.25, 0.3) is 0 Å². The van der Waals surface area contributed by atoms with Crippen molar-refractivity contribution in [2.45, 2.75) is 51.5 Å². The molecule has 2 fully saturated rings. The van der Waals surface area contributed by atoms with Crippen LogP contribution in [0, 0.1) is 11.3 Å². The van der Waals surface area contributed by atoms with E-state index in [1.807, 2.05) is 11.0 Å². The number of rotatable bonds is 1. The van der Waals surface area contributed by atoms with Crippen molar-refractivity contribution >= 4 is 11.8 Å². The predicted octanol–water partition coefficient (Wildman–Crippen LogP) is 2.31. The molecule has 3 aliphatic rings. The van der Waals surface area contributed by atoms with Crippen LogP contribution in [0.1, 0.15) is 44.7 Å².